The summed E-state index contributed by atoms with van der Waals surface area (Å²) in [6.45, 7) is 5.58. The Bertz CT molecular complexity index is 2320. The average molecular weight is 705 g/mol. The Morgan fingerprint density at radius 2 is 1.90 bits per heavy atom. The molecule has 0 N–H and O–H groups in total. The van der Waals surface area contributed by atoms with Crippen molar-refractivity contribution in [2.75, 3.05) is 31.6 Å². The van der Waals surface area contributed by atoms with Gasteiger partial charge in [0.15, 0.2) is 5.65 Å². The first-order valence-corrected chi connectivity index (χ1v) is 17.6. The zero-order chi connectivity index (χ0) is 35.5. The first-order chi connectivity index (χ1) is 25.3. The molecule has 15 heteroatoms. The molecule has 2 fully saturated rings. The van der Waals surface area contributed by atoms with Crippen LogP contribution in [0.4, 0.5) is 10.2 Å². The van der Waals surface area contributed by atoms with E-state index in [0.717, 1.165) is 35.3 Å². The largest absolute Gasteiger partial charge is 0.488 e. The number of aromatic nitrogens is 8. The number of halogens is 1. The number of hydrogen-bond acceptors (Lipinski definition) is 11. The van der Waals surface area contributed by atoms with Crippen LogP contribution in [0.1, 0.15) is 32.0 Å². The fourth-order valence-electron chi connectivity index (χ4n) is 7.39. The molecule has 9 rings (SSSR count). The first-order valence-electron chi connectivity index (χ1n) is 17.6. The van der Waals surface area contributed by atoms with Gasteiger partial charge in [-0.05, 0) is 51.0 Å². The smallest absolute Gasteiger partial charge is 0.317 e. The number of hydrogen-bond donors (Lipinski definition) is 0. The maximum absolute atomic E-state index is 14.5. The lowest BCUT2D eigenvalue weighted by Gasteiger charge is -2.31. The minimum absolute atomic E-state index is 0.0542. The highest BCUT2D eigenvalue weighted by molar-refractivity contribution is 5.93. The normalized spacial score (nSPS) is 20.6. The number of anilines is 1. The maximum atomic E-state index is 14.5. The third kappa shape index (κ3) is 5.74. The Hall–Kier alpha value is -5.70. The number of rotatable bonds is 6. The molecule has 2 aromatic carbocycles. The van der Waals surface area contributed by atoms with Crippen LogP contribution in [0.25, 0.3) is 39.0 Å². The molecule has 0 radical (unpaired) electrons. The third-order valence-corrected chi connectivity index (χ3v) is 9.91. The third-order valence-electron chi connectivity index (χ3n) is 9.91. The van der Waals surface area contributed by atoms with Crippen molar-refractivity contribution < 1.29 is 23.4 Å². The van der Waals surface area contributed by atoms with Gasteiger partial charge in [0.2, 0.25) is 5.91 Å². The van der Waals surface area contributed by atoms with E-state index in [1.54, 1.807) is 35.1 Å². The fourth-order valence-corrected chi connectivity index (χ4v) is 7.39. The number of para-hydroxylation sites is 1. The van der Waals surface area contributed by atoms with Crippen LogP contribution in [0.15, 0.2) is 61.2 Å². The first kappa shape index (κ1) is 32.2. The van der Waals surface area contributed by atoms with Crippen LogP contribution in [-0.2, 0) is 16.1 Å². The van der Waals surface area contributed by atoms with Crippen molar-refractivity contribution in [1.29, 1.82) is 0 Å². The molecule has 4 aromatic heterocycles. The summed E-state index contributed by atoms with van der Waals surface area (Å²) >= 11 is 0. The molecule has 0 unspecified atom stereocenters. The van der Waals surface area contributed by atoms with Gasteiger partial charge in [0.25, 0.3) is 0 Å². The monoisotopic (exact) mass is 704 g/mol. The zero-order valence-corrected chi connectivity index (χ0v) is 29.0. The van der Waals surface area contributed by atoms with Crippen LogP contribution in [-0.4, -0.2) is 101 Å². The van der Waals surface area contributed by atoms with E-state index in [1.807, 2.05) is 43.0 Å². The molecule has 3 atom stereocenters. The number of amides is 1. The van der Waals surface area contributed by atoms with Gasteiger partial charge < -0.3 is 28.6 Å². The van der Waals surface area contributed by atoms with Crippen molar-refractivity contribution in [1.82, 2.24) is 44.2 Å². The molecule has 1 aliphatic carbocycles. The number of likely N-dealkylation sites (N-methyl/N-ethyl adjacent to an activating group) is 1. The van der Waals surface area contributed by atoms with Gasteiger partial charge in [-0.3, -0.25) is 4.79 Å². The summed E-state index contributed by atoms with van der Waals surface area (Å²) in [5, 5.41) is 5.28. The van der Waals surface area contributed by atoms with Gasteiger partial charge in [-0.15, -0.1) is 0 Å². The van der Waals surface area contributed by atoms with Crippen molar-refractivity contribution >= 4 is 33.8 Å². The summed E-state index contributed by atoms with van der Waals surface area (Å²) in [5.41, 5.74) is 4.45. The van der Waals surface area contributed by atoms with Gasteiger partial charge in [0, 0.05) is 44.4 Å². The number of imidazole rings is 1. The Morgan fingerprint density at radius 3 is 2.75 bits per heavy atom. The van der Waals surface area contributed by atoms with Crippen LogP contribution in [0.2, 0.25) is 0 Å². The Morgan fingerprint density at radius 1 is 1.02 bits per heavy atom. The topological polar surface area (TPSA) is 138 Å². The van der Waals surface area contributed by atoms with E-state index in [-0.39, 0.29) is 24.1 Å². The molecule has 3 aliphatic rings. The highest BCUT2D eigenvalue weighted by Gasteiger charge is 2.42. The van der Waals surface area contributed by atoms with Crippen molar-refractivity contribution in [3.05, 3.63) is 72.8 Å². The second-order valence-electron chi connectivity index (χ2n) is 13.5. The van der Waals surface area contributed by atoms with E-state index in [2.05, 4.69) is 19.6 Å². The van der Waals surface area contributed by atoms with Crippen molar-refractivity contribution in [3.8, 4) is 28.7 Å². The number of fused-ring (bicyclic) bond motifs is 6. The summed E-state index contributed by atoms with van der Waals surface area (Å²) in [4.78, 5) is 41.6. The number of ether oxygens (including phenoxy) is 3. The highest BCUT2D eigenvalue weighted by atomic mass is 19.1. The minimum atomic E-state index is -0.634. The lowest BCUT2D eigenvalue weighted by Crippen LogP contribution is -2.47. The number of benzene rings is 2. The van der Waals surface area contributed by atoms with Crippen LogP contribution < -0.4 is 14.4 Å². The standard InChI is InChI=1S/C37H37FN10O4/c1-4-50-25-17-45(3)36(49)31-15-24(52-37-39-13-12-28(44-37)26-6-5-7-29-33(26)46(19-25)21(2)43-29)18-47(31)34-27-16-42-48(35(27)41-20-40-34)30-11-8-22(38)14-32(30)51-23-9-10-23/h5-8,11-14,16,20,23-25,31H,4,9-10,15,17-19H2,1-3H3/t24-,25-,31-/m0/s1. The predicted octanol–water partition coefficient (Wildman–Crippen LogP) is 4.51. The molecule has 1 saturated heterocycles. The number of nitrogens with zero attached hydrogens (tertiary/aromatic N) is 10. The molecule has 14 nitrogen and oxygen atoms in total. The SMILES string of the molecule is CCO[C@H]1CN(C)C(=O)[C@@H]2C[C@@H](CN2c2ncnc3c2cnn3-c2ccc(F)cc2OC2CC2)Oc2nccc(n2)-c2cccc3nc(C)n(c23)C1. The number of carbonyl (C=O) groups is 1. The lowest BCUT2D eigenvalue weighted by atomic mass is 10.1. The van der Waals surface area contributed by atoms with Crippen LogP contribution in [0, 0.1) is 12.7 Å². The van der Waals surface area contributed by atoms with Crippen LogP contribution in [0.3, 0.4) is 0 Å². The van der Waals surface area contributed by atoms with Crippen molar-refractivity contribution in [2.24, 2.45) is 0 Å². The molecule has 1 amide bonds. The Balaban J connectivity index is 1.12. The molecular formula is C37H37FN10O4. The van der Waals surface area contributed by atoms with Crippen LogP contribution >= 0.6 is 0 Å². The summed E-state index contributed by atoms with van der Waals surface area (Å²) in [6.07, 6.45) is 6.32. The lowest BCUT2D eigenvalue weighted by molar-refractivity contribution is -0.133. The summed E-state index contributed by atoms with van der Waals surface area (Å²) in [6, 6.07) is 11.8. The van der Waals surface area contributed by atoms with Crippen molar-refractivity contribution in [2.45, 2.75) is 64.0 Å². The van der Waals surface area contributed by atoms with Gasteiger partial charge >= 0.3 is 6.01 Å². The average Bonchev–Trinajstić information content (AvgIpc) is 3.54. The van der Waals surface area contributed by atoms with E-state index in [9.17, 15) is 9.18 Å². The van der Waals surface area contributed by atoms with E-state index in [1.165, 1.54) is 18.5 Å². The summed E-state index contributed by atoms with van der Waals surface area (Å²) < 4.78 is 36.9. The number of carbonyl (C=O) groups excluding carboxylic acids is 1. The van der Waals surface area contributed by atoms with Gasteiger partial charge in [0.05, 0.1) is 53.6 Å². The molecule has 6 aromatic rings. The second-order valence-corrected chi connectivity index (χ2v) is 13.5. The van der Waals surface area contributed by atoms with E-state index >= 15 is 0 Å². The zero-order valence-electron chi connectivity index (χ0n) is 29.0. The molecule has 266 valence electrons. The quantitative estimate of drug-likeness (QED) is 0.242. The number of aryl methyl sites for hydroxylation is 1. The van der Waals surface area contributed by atoms with Gasteiger partial charge in [-0.1, -0.05) is 12.1 Å². The molecule has 6 heterocycles. The van der Waals surface area contributed by atoms with E-state index in [0.29, 0.717) is 66.6 Å². The van der Waals surface area contributed by atoms with Gasteiger partial charge in [0.1, 0.15) is 47.4 Å². The molecule has 52 heavy (non-hydrogen) atoms. The minimum Gasteiger partial charge on any atom is -0.488 e. The predicted molar refractivity (Wildman–Crippen MR) is 189 cm³/mol. The molecular weight excluding hydrogens is 667 g/mol. The molecule has 1 saturated carbocycles. The Labute approximate surface area is 298 Å². The maximum Gasteiger partial charge on any atom is 0.317 e. The summed E-state index contributed by atoms with van der Waals surface area (Å²) in [7, 11) is 1.80. The molecule has 2 aliphatic heterocycles. The Kier molecular flexibility index (Phi) is 7.94. The fraction of sp³-hybridized carbons (Fsp3) is 0.378. The highest BCUT2D eigenvalue weighted by Crippen LogP contribution is 2.36. The summed E-state index contributed by atoms with van der Waals surface area (Å²) in [5.74, 6) is 1.26. The molecule has 4 bridgehead atoms. The van der Waals surface area contributed by atoms with E-state index in [4.69, 9.17) is 29.2 Å². The van der Waals surface area contributed by atoms with Crippen LogP contribution in [0.5, 0.6) is 11.8 Å². The molecule has 0 spiro atoms. The van der Waals surface area contributed by atoms with Gasteiger partial charge in [-0.25, -0.2) is 29.0 Å². The second kappa shape index (κ2) is 12.8. The van der Waals surface area contributed by atoms with E-state index < -0.39 is 18.0 Å². The van der Waals surface area contributed by atoms with Gasteiger partial charge in [-0.2, -0.15) is 10.1 Å². The van der Waals surface area contributed by atoms with Crippen molar-refractivity contribution in [3.63, 3.8) is 0 Å².